The summed E-state index contributed by atoms with van der Waals surface area (Å²) in [6.07, 6.45) is -0.510. The average molecular weight is 733 g/mol. The highest BCUT2D eigenvalue weighted by molar-refractivity contribution is 5.51. The number of fused-ring (bicyclic) bond motifs is 1. The molecule has 1 aliphatic heterocycles. The van der Waals surface area contributed by atoms with Gasteiger partial charge in [0.05, 0.1) is 36.4 Å². The number of rotatable bonds is 10. The summed E-state index contributed by atoms with van der Waals surface area (Å²) in [5.41, 5.74) is 1.27. The number of aliphatic hydroxyl groups is 1. The van der Waals surface area contributed by atoms with Gasteiger partial charge in [0.15, 0.2) is 11.9 Å². The van der Waals surface area contributed by atoms with Crippen LogP contribution in [-0.2, 0) is 12.6 Å². The number of halogens is 6. The molecular formula is C40H50F6N4O2. The molecule has 6 nitrogen and oxygen atoms in total. The van der Waals surface area contributed by atoms with Crippen molar-refractivity contribution >= 4 is 5.95 Å². The van der Waals surface area contributed by atoms with Crippen molar-refractivity contribution in [3.05, 3.63) is 75.9 Å². The van der Waals surface area contributed by atoms with E-state index in [2.05, 4.69) is 28.7 Å². The predicted octanol–water partition coefficient (Wildman–Crippen LogP) is 10.4. The van der Waals surface area contributed by atoms with Gasteiger partial charge < -0.3 is 14.7 Å². The van der Waals surface area contributed by atoms with Crippen molar-refractivity contribution in [2.24, 2.45) is 11.3 Å². The summed E-state index contributed by atoms with van der Waals surface area (Å²) in [5.74, 6) is -1.79. The predicted molar refractivity (Wildman–Crippen MR) is 188 cm³/mol. The van der Waals surface area contributed by atoms with Crippen LogP contribution in [0.3, 0.4) is 0 Å². The van der Waals surface area contributed by atoms with E-state index in [1.54, 1.807) is 12.4 Å². The first kappa shape index (κ1) is 38.3. The van der Waals surface area contributed by atoms with E-state index < -0.39 is 35.9 Å². The molecule has 1 saturated carbocycles. The van der Waals surface area contributed by atoms with Gasteiger partial charge in [-0.2, -0.15) is 13.2 Å². The van der Waals surface area contributed by atoms with Crippen molar-refractivity contribution in [3.8, 4) is 5.75 Å². The molecule has 3 atom stereocenters. The second-order valence-electron chi connectivity index (χ2n) is 16.0. The van der Waals surface area contributed by atoms with Crippen molar-refractivity contribution in [2.75, 3.05) is 24.6 Å². The Bertz CT molecular complexity index is 1660. The van der Waals surface area contributed by atoms with Gasteiger partial charge in [0.25, 0.3) is 0 Å². The van der Waals surface area contributed by atoms with Crippen LogP contribution >= 0.6 is 0 Å². The maximum Gasteiger partial charge on any atom is 0.416 e. The third kappa shape index (κ3) is 8.52. The monoisotopic (exact) mass is 732 g/mol. The lowest BCUT2D eigenvalue weighted by molar-refractivity contribution is -0.137. The standard InChI is InChI=1S/C40H50F6N4O2/c1-5-24(2)14-19-52-29-22-47-37(48-23-29)50-17-12-27(13-18-50)36-34(35(41)26-6-8-28(9-7-26)40(44,45)46)32(25-10-15-39(42,43)16-11-25)33-30(49-36)20-38(3,4)21-31(33)51/h6-9,22-25,27,31,35,51H,5,10-21H2,1-4H3. The van der Waals surface area contributed by atoms with Gasteiger partial charge >= 0.3 is 6.18 Å². The highest BCUT2D eigenvalue weighted by Gasteiger charge is 2.44. The lowest BCUT2D eigenvalue weighted by Crippen LogP contribution is -2.36. The number of ether oxygens (including phenoxy) is 1. The zero-order chi connectivity index (χ0) is 37.4. The zero-order valence-corrected chi connectivity index (χ0v) is 30.5. The maximum atomic E-state index is 17.3. The summed E-state index contributed by atoms with van der Waals surface area (Å²) in [6.45, 7) is 10.1. The van der Waals surface area contributed by atoms with Crippen molar-refractivity contribution in [1.82, 2.24) is 15.0 Å². The minimum absolute atomic E-state index is 0.0290. The summed E-state index contributed by atoms with van der Waals surface area (Å²) >= 11 is 0. The Morgan fingerprint density at radius 1 is 0.962 bits per heavy atom. The highest BCUT2D eigenvalue weighted by Crippen LogP contribution is 2.52. The summed E-state index contributed by atoms with van der Waals surface area (Å²) in [5, 5.41) is 11.6. The Morgan fingerprint density at radius 2 is 1.60 bits per heavy atom. The van der Waals surface area contributed by atoms with Crippen molar-refractivity contribution < 1.29 is 36.2 Å². The fourth-order valence-corrected chi connectivity index (χ4v) is 8.20. The summed E-state index contributed by atoms with van der Waals surface area (Å²) in [4.78, 5) is 16.3. The van der Waals surface area contributed by atoms with Crippen LogP contribution in [0.5, 0.6) is 5.75 Å². The molecule has 52 heavy (non-hydrogen) atoms. The molecular weight excluding hydrogens is 682 g/mol. The van der Waals surface area contributed by atoms with E-state index in [4.69, 9.17) is 9.72 Å². The molecule has 3 unspecified atom stereocenters. The van der Waals surface area contributed by atoms with E-state index >= 15 is 4.39 Å². The van der Waals surface area contributed by atoms with E-state index in [1.165, 1.54) is 0 Å². The Labute approximate surface area is 302 Å². The lowest BCUT2D eigenvalue weighted by atomic mass is 9.68. The Balaban J connectivity index is 1.35. The van der Waals surface area contributed by atoms with Crippen LogP contribution in [0.25, 0.3) is 0 Å². The number of anilines is 1. The number of piperidine rings is 1. The molecule has 284 valence electrons. The van der Waals surface area contributed by atoms with Crippen LogP contribution in [-0.4, -0.2) is 45.7 Å². The molecule has 3 aliphatic rings. The number of benzene rings is 1. The Morgan fingerprint density at radius 3 is 2.19 bits per heavy atom. The molecule has 3 aromatic rings. The van der Waals surface area contributed by atoms with E-state index in [-0.39, 0.29) is 48.1 Å². The third-order valence-electron chi connectivity index (χ3n) is 11.4. The van der Waals surface area contributed by atoms with E-state index in [0.29, 0.717) is 85.5 Å². The van der Waals surface area contributed by atoms with E-state index in [9.17, 15) is 27.1 Å². The van der Waals surface area contributed by atoms with Crippen molar-refractivity contribution in [3.63, 3.8) is 0 Å². The van der Waals surface area contributed by atoms with Crippen LogP contribution in [0.4, 0.5) is 32.3 Å². The molecule has 1 aromatic carbocycles. The Hall–Kier alpha value is -3.41. The van der Waals surface area contributed by atoms with Crippen molar-refractivity contribution in [1.29, 1.82) is 0 Å². The van der Waals surface area contributed by atoms with Crippen LogP contribution in [0.15, 0.2) is 36.7 Å². The number of pyridine rings is 1. The quantitative estimate of drug-likeness (QED) is 0.209. The summed E-state index contributed by atoms with van der Waals surface area (Å²) in [7, 11) is 0. The fourth-order valence-electron chi connectivity index (χ4n) is 8.20. The first-order chi connectivity index (χ1) is 24.5. The number of hydrogen-bond acceptors (Lipinski definition) is 6. The molecule has 1 N–H and O–H groups in total. The summed E-state index contributed by atoms with van der Waals surface area (Å²) in [6, 6.07) is 4.03. The molecule has 0 amide bonds. The number of aliphatic hydroxyl groups excluding tert-OH is 1. The van der Waals surface area contributed by atoms with Gasteiger partial charge in [-0.25, -0.2) is 23.1 Å². The minimum Gasteiger partial charge on any atom is -0.490 e. The zero-order valence-electron chi connectivity index (χ0n) is 30.5. The molecule has 12 heteroatoms. The average Bonchev–Trinajstić information content (AvgIpc) is 3.10. The fraction of sp³-hybridized carbons (Fsp3) is 0.625. The van der Waals surface area contributed by atoms with Gasteiger partial charge in [-0.05, 0) is 85.5 Å². The van der Waals surface area contributed by atoms with Crippen molar-refractivity contribution in [2.45, 2.75) is 128 Å². The topological polar surface area (TPSA) is 71.4 Å². The highest BCUT2D eigenvalue weighted by atomic mass is 19.4. The van der Waals surface area contributed by atoms with Crippen LogP contribution in [0.2, 0.25) is 0 Å². The molecule has 2 aliphatic carbocycles. The van der Waals surface area contributed by atoms with E-state index in [0.717, 1.165) is 37.1 Å². The molecule has 0 radical (unpaired) electrons. The smallest absolute Gasteiger partial charge is 0.416 e. The van der Waals surface area contributed by atoms with Gasteiger partial charge in [0.2, 0.25) is 11.9 Å². The molecule has 2 aromatic heterocycles. The van der Waals surface area contributed by atoms with E-state index in [1.807, 2.05) is 13.8 Å². The number of nitrogens with zero attached hydrogens (tertiary/aromatic N) is 4. The molecule has 0 spiro atoms. The SMILES string of the molecule is CCC(C)CCOc1cnc(N2CCC(c3nc4c(c(C5CCC(F)(F)CC5)c3C(F)c3ccc(C(F)(F)F)cc3)C(O)CC(C)(C)C4)CC2)nc1. The van der Waals surface area contributed by atoms with Crippen LogP contribution in [0, 0.1) is 11.3 Å². The van der Waals surface area contributed by atoms with Crippen LogP contribution < -0.4 is 9.64 Å². The van der Waals surface area contributed by atoms with Crippen LogP contribution in [0.1, 0.15) is 149 Å². The maximum absolute atomic E-state index is 17.3. The van der Waals surface area contributed by atoms with Gasteiger partial charge in [0, 0.05) is 48.7 Å². The van der Waals surface area contributed by atoms with Gasteiger partial charge in [0.1, 0.15) is 0 Å². The van der Waals surface area contributed by atoms with Gasteiger partial charge in [-0.3, -0.25) is 4.98 Å². The number of hydrogen-bond donors (Lipinski definition) is 1. The molecule has 2 fully saturated rings. The van der Waals surface area contributed by atoms with Gasteiger partial charge in [-0.15, -0.1) is 0 Å². The third-order valence-corrected chi connectivity index (χ3v) is 11.4. The lowest BCUT2D eigenvalue weighted by Gasteiger charge is -2.41. The first-order valence-corrected chi connectivity index (χ1v) is 18.7. The Kier molecular flexibility index (Phi) is 11.2. The number of aromatic nitrogens is 3. The molecule has 3 heterocycles. The normalized spacial score (nSPS) is 22.1. The second kappa shape index (κ2) is 15.1. The molecule has 1 saturated heterocycles. The number of alkyl halides is 6. The van der Waals surface area contributed by atoms with Gasteiger partial charge in [-0.1, -0.05) is 46.2 Å². The first-order valence-electron chi connectivity index (χ1n) is 18.7. The molecule has 6 rings (SSSR count). The minimum atomic E-state index is -4.59. The second-order valence-corrected chi connectivity index (χ2v) is 16.0. The largest absolute Gasteiger partial charge is 0.490 e. The molecule has 0 bridgehead atoms. The summed E-state index contributed by atoms with van der Waals surface area (Å²) < 4.78 is 92.5.